The summed E-state index contributed by atoms with van der Waals surface area (Å²) in [6.07, 6.45) is 6.01. The fraction of sp³-hybridized carbons (Fsp3) is 0.917. The molecule has 0 spiro atoms. The Morgan fingerprint density at radius 3 is 2.63 bits per heavy atom. The molecule has 3 atom stereocenters. The van der Waals surface area contributed by atoms with E-state index < -0.39 is 10.0 Å². The van der Waals surface area contributed by atoms with E-state index in [2.05, 4.69) is 10.0 Å². The number of urea groups is 1. The Bertz CT molecular complexity index is 475. The topological polar surface area (TPSA) is 78.5 Å². The van der Waals surface area contributed by atoms with Gasteiger partial charge in [0.05, 0.1) is 6.26 Å². The van der Waals surface area contributed by atoms with E-state index in [1.807, 2.05) is 4.90 Å². The minimum atomic E-state index is -3.16. The molecule has 2 unspecified atom stereocenters. The van der Waals surface area contributed by atoms with Crippen molar-refractivity contribution in [2.24, 2.45) is 5.92 Å². The lowest BCUT2D eigenvalue weighted by molar-refractivity contribution is 0.101. The molecule has 7 heteroatoms. The first-order chi connectivity index (χ1) is 8.92. The van der Waals surface area contributed by atoms with E-state index in [-0.39, 0.29) is 18.1 Å². The molecule has 0 radical (unpaired) electrons. The summed E-state index contributed by atoms with van der Waals surface area (Å²) in [5.41, 5.74) is 0. The first-order valence-corrected chi connectivity index (χ1v) is 8.86. The average molecular weight is 287 g/mol. The summed E-state index contributed by atoms with van der Waals surface area (Å²) in [6.45, 7) is 0.640. The van der Waals surface area contributed by atoms with Crippen LogP contribution < -0.4 is 10.0 Å². The fourth-order valence-electron chi connectivity index (χ4n) is 3.35. The van der Waals surface area contributed by atoms with Gasteiger partial charge in [-0.2, -0.15) is 0 Å². The first kappa shape index (κ1) is 13.2. The predicted octanol–water partition coefficient (Wildman–Crippen LogP) is 0.261. The molecule has 1 saturated carbocycles. The predicted molar refractivity (Wildman–Crippen MR) is 71.2 cm³/mol. The van der Waals surface area contributed by atoms with E-state index in [9.17, 15) is 13.2 Å². The molecule has 19 heavy (non-hydrogen) atoms. The van der Waals surface area contributed by atoms with E-state index >= 15 is 0 Å². The summed E-state index contributed by atoms with van der Waals surface area (Å²) in [6, 6.07) is 0.492. The molecule has 0 aromatic rings. The minimum absolute atomic E-state index is 0.0259. The maximum atomic E-state index is 12.0. The number of sulfonamides is 1. The van der Waals surface area contributed by atoms with Gasteiger partial charge in [0.25, 0.3) is 0 Å². The Morgan fingerprint density at radius 2 is 2.00 bits per heavy atom. The molecule has 3 aliphatic rings. The van der Waals surface area contributed by atoms with Crippen molar-refractivity contribution >= 4 is 16.1 Å². The van der Waals surface area contributed by atoms with Crippen LogP contribution in [0.4, 0.5) is 4.79 Å². The third kappa shape index (κ3) is 3.02. The number of nitrogens with zero attached hydrogens (tertiary/aromatic N) is 1. The van der Waals surface area contributed by atoms with Crippen LogP contribution in [-0.4, -0.2) is 50.3 Å². The Labute approximate surface area is 114 Å². The number of hydrogen-bond acceptors (Lipinski definition) is 3. The summed E-state index contributed by atoms with van der Waals surface area (Å²) in [5.74, 6) is 0.648. The number of fused-ring (bicyclic) bond motifs is 1. The highest BCUT2D eigenvalue weighted by Gasteiger charge is 2.43. The van der Waals surface area contributed by atoms with Crippen molar-refractivity contribution in [3.8, 4) is 0 Å². The third-order valence-electron chi connectivity index (χ3n) is 4.38. The normalized spacial score (nSPS) is 35.7. The monoisotopic (exact) mass is 287 g/mol. The van der Waals surface area contributed by atoms with Gasteiger partial charge < -0.3 is 10.2 Å². The number of piperidine rings is 1. The van der Waals surface area contributed by atoms with Gasteiger partial charge in [-0.1, -0.05) is 0 Å². The van der Waals surface area contributed by atoms with Gasteiger partial charge >= 0.3 is 6.03 Å². The van der Waals surface area contributed by atoms with Crippen LogP contribution in [0.1, 0.15) is 32.1 Å². The number of carbonyl (C=O) groups excluding carboxylic acids is 1. The van der Waals surface area contributed by atoms with Crippen molar-refractivity contribution in [2.75, 3.05) is 12.8 Å². The van der Waals surface area contributed by atoms with Gasteiger partial charge in [-0.25, -0.2) is 17.9 Å². The quantitative estimate of drug-likeness (QED) is 0.781. The van der Waals surface area contributed by atoms with E-state index in [4.69, 9.17) is 0 Å². The lowest BCUT2D eigenvalue weighted by Gasteiger charge is -2.45. The molecular weight excluding hydrogens is 266 g/mol. The highest BCUT2D eigenvalue weighted by atomic mass is 32.2. The Morgan fingerprint density at radius 1 is 1.26 bits per heavy atom. The second-order valence-corrected chi connectivity index (χ2v) is 7.87. The van der Waals surface area contributed by atoms with Crippen LogP contribution >= 0.6 is 0 Å². The summed E-state index contributed by atoms with van der Waals surface area (Å²) in [7, 11) is -3.16. The number of carbonyl (C=O) groups is 1. The van der Waals surface area contributed by atoms with Crippen LogP contribution in [0.25, 0.3) is 0 Å². The van der Waals surface area contributed by atoms with Crippen LogP contribution in [0.15, 0.2) is 0 Å². The maximum Gasteiger partial charge on any atom is 0.317 e. The Kier molecular flexibility index (Phi) is 3.21. The Hall–Kier alpha value is -0.820. The summed E-state index contributed by atoms with van der Waals surface area (Å²) in [5, 5.41) is 3.09. The van der Waals surface area contributed by atoms with E-state index in [0.717, 1.165) is 12.8 Å². The van der Waals surface area contributed by atoms with Crippen LogP contribution in [0.2, 0.25) is 0 Å². The second-order valence-electron chi connectivity index (χ2n) is 6.09. The van der Waals surface area contributed by atoms with Crippen molar-refractivity contribution in [1.29, 1.82) is 0 Å². The molecule has 2 amide bonds. The van der Waals surface area contributed by atoms with E-state index in [1.165, 1.54) is 19.1 Å². The SMILES string of the molecule is CS(=O)(=O)NC1CCN2C(=O)N[C@H](C3CC3)CC2C1. The number of amides is 2. The smallest absolute Gasteiger partial charge is 0.317 e. The molecule has 2 heterocycles. The third-order valence-corrected chi connectivity index (χ3v) is 5.14. The maximum absolute atomic E-state index is 12.0. The van der Waals surface area contributed by atoms with Gasteiger partial charge in [0, 0.05) is 24.7 Å². The second kappa shape index (κ2) is 4.63. The van der Waals surface area contributed by atoms with Gasteiger partial charge in [0.1, 0.15) is 0 Å². The van der Waals surface area contributed by atoms with Gasteiger partial charge in [0.15, 0.2) is 0 Å². The molecule has 0 aromatic heterocycles. The summed E-state index contributed by atoms with van der Waals surface area (Å²) < 4.78 is 25.3. The zero-order chi connectivity index (χ0) is 13.6. The van der Waals surface area contributed by atoms with Crippen molar-refractivity contribution in [1.82, 2.24) is 14.9 Å². The van der Waals surface area contributed by atoms with E-state index in [0.29, 0.717) is 24.9 Å². The molecule has 3 rings (SSSR count). The standard InChI is InChI=1S/C12H21N3O3S/c1-19(17,18)14-9-4-5-15-10(6-9)7-11(8-2-3-8)13-12(15)16/h8-11,14H,2-7H2,1H3,(H,13,16)/t9?,10?,11-/m0/s1. The first-order valence-electron chi connectivity index (χ1n) is 6.97. The summed E-state index contributed by atoms with van der Waals surface area (Å²) >= 11 is 0. The highest BCUT2D eigenvalue weighted by molar-refractivity contribution is 7.88. The van der Waals surface area contributed by atoms with E-state index in [1.54, 1.807) is 0 Å². The Balaban J connectivity index is 1.65. The zero-order valence-corrected chi connectivity index (χ0v) is 11.9. The molecule has 6 nitrogen and oxygen atoms in total. The van der Waals surface area contributed by atoms with Crippen LogP contribution in [-0.2, 0) is 10.0 Å². The molecule has 2 aliphatic heterocycles. The summed E-state index contributed by atoms with van der Waals surface area (Å²) in [4.78, 5) is 13.9. The largest absolute Gasteiger partial charge is 0.335 e. The minimum Gasteiger partial charge on any atom is -0.335 e. The van der Waals surface area contributed by atoms with Gasteiger partial charge in [0.2, 0.25) is 10.0 Å². The lowest BCUT2D eigenvalue weighted by atomic mass is 9.90. The molecule has 0 aromatic carbocycles. The number of nitrogens with one attached hydrogen (secondary N) is 2. The van der Waals surface area contributed by atoms with Gasteiger partial charge in [-0.15, -0.1) is 0 Å². The van der Waals surface area contributed by atoms with Crippen molar-refractivity contribution in [3.63, 3.8) is 0 Å². The number of rotatable bonds is 3. The van der Waals surface area contributed by atoms with Crippen LogP contribution in [0.3, 0.4) is 0 Å². The molecule has 2 N–H and O–H groups in total. The number of hydrogen-bond donors (Lipinski definition) is 2. The zero-order valence-electron chi connectivity index (χ0n) is 11.1. The molecule has 2 saturated heterocycles. The molecule has 0 bridgehead atoms. The lowest BCUT2D eigenvalue weighted by Crippen LogP contribution is -2.61. The molecule has 1 aliphatic carbocycles. The highest BCUT2D eigenvalue weighted by Crippen LogP contribution is 2.38. The average Bonchev–Trinajstić information content (AvgIpc) is 3.09. The molecule has 3 fully saturated rings. The van der Waals surface area contributed by atoms with Crippen molar-refractivity contribution in [2.45, 2.75) is 50.2 Å². The van der Waals surface area contributed by atoms with Crippen molar-refractivity contribution in [3.05, 3.63) is 0 Å². The fourth-order valence-corrected chi connectivity index (χ4v) is 4.17. The van der Waals surface area contributed by atoms with Crippen molar-refractivity contribution < 1.29 is 13.2 Å². The van der Waals surface area contributed by atoms with Crippen LogP contribution in [0, 0.1) is 5.92 Å². The molecular formula is C12H21N3O3S. The van der Waals surface area contributed by atoms with Crippen LogP contribution in [0.5, 0.6) is 0 Å². The molecule has 108 valence electrons. The van der Waals surface area contributed by atoms with Gasteiger partial charge in [-0.3, -0.25) is 0 Å². The van der Waals surface area contributed by atoms with Gasteiger partial charge in [-0.05, 0) is 38.0 Å².